The largest absolute Gasteiger partial charge is 0.378 e. The molecule has 142 valence electrons. The van der Waals surface area contributed by atoms with Gasteiger partial charge in [0.1, 0.15) is 0 Å². The molecule has 2 aliphatic heterocycles. The number of ether oxygens (including phenoxy) is 1. The second-order valence-corrected chi connectivity index (χ2v) is 9.72. The van der Waals surface area contributed by atoms with Gasteiger partial charge in [-0.1, -0.05) is 0 Å². The number of amides is 2. The van der Waals surface area contributed by atoms with Gasteiger partial charge in [-0.15, -0.1) is 0 Å². The molecule has 0 aromatic carbocycles. The van der Waals surface area contributed by atoms with Crippen LogP contribution in [0, 0.1) is 11.8 Å². The fraction of sp³-hybridized carbons (Fsp3) is 0.882. The molecule has 1 atom stereocenters. The van der Waals surface area contributed by atoms with Crippen molar-refractivity contribution in [3.8, 4) is 0 Å². The molecule has 1 aliphatic carbocycles. The van der Waals surface area contributed by atoms with Gasteiger partial charge in [-0.3, -0.25) is 9.59 Å². The minimum atomic E-state index is -2.99. The quantitative estimate of drug-likeness (QED) is 0.711. The van der Waals surface area contributed by atoms with E-state index in [0.717, 1.165) is 12.8 Å². The number of hydrogen-bond donors (Lipinski definition) is 0. The van der Waals surface area contributed by atoms with Gasteiger partial charge in [0.15, 0.2) is 9.84 Å². The third kappa shape index (κ3) is 4.34. The Morgan fingerprint density at radius 3 is 2.16 bits per heavy atom. The van der Waals surface area contributed by atoms with E-state index in [9.17, 15) is 18.0 Å². The highest BCUT2D eigenvalue weighted by Crippen LogP contribution is 2.32. The van der Waals surface area contributed by atoms with E-state index < -0.39 is 9.84 Å². The second kappa shape index (κ2) is 7.61. The number of rotatable bonds is 3. The van der Waals surface area contributed by atoms with Gasteiger partial charge < -0.3 is 14.5 Å². The van der Waals surface area contributed by atoms with E-state index in [1.54, 1.807) is 11.9 Å². The van der Waals surface area contributed by atoms with Crippen LogP contribution < -0.4 is 0 Å². The summed E-state index contributed by atoms with van der Waals surface area (Å²) in [6.07, 6.45) is 3.44. The maximum atomic E-state index is 12.7. The molecule has 3 rings (SSSR count). The van der Waals surface area contributed by atoms with Gasteiger partial charge >= 0.3 is 0 Å². The summed E-state index contributed by atoms with van der Waals surface area (Å²) in [6, 6.07) is -0.190. The first-order valence-electron chi connectivity index (χ1n) is 9.21. The van der Waals surface area contributed by atoms with Crippen molar-refractivity contribution in [3.05, 3.63) is 0 Å². The van der Waals surface area contributed by atoms with Crippen LogP contribution in [0.2, 0.25) is 0 Å². The van der Waals surface area contributed by atoms with E-state index in [4.69, 9.17) is 4.74 Å². The van der Waals surface area contributed by atoms with Gasteiger partial charge in [-0.2, -0.15) is 0 Å². The van der Waals surface area contributed by atoms with Crippen LogP contribution in [0.4, 0.5) is 0 Å². The van der Waals surface area contributed by atoms with Crippen LogP contribution in [-0.2, 0) is 24.2 Å². The third-order valence-corrected chi connectivity index (χ3v) is 7.60. The Bertz CT molecular complexity index is 607. The van der Waals surface area contributed by atoms with Crippen molar-refractivity contribution in [2.75, 3.05) is 44.9 Å². The Morgan fingerprint density at radius 2 is 1.60 bits per heavy atom. The van der Waals surface area contributed by atoms with Crippen LogP contribution >= 0.6 is 0 Å². The molecule has 0 aromatic rings. The van der Waals surface area contributed by atoms with E-state index in [0.29, 0.717) is 45.6 Å². The van der Waals surface area contributed by atoms with Gasteiger partial charge in [0, 0.05) is 38.0 Å². The highest BCUT2D eigenvalue weighted by Gasteiger charge is 2.37. The van der Waals surface area contributed by atoms with Gasteiger partial charge in [0.25, 0.3) is 0 Å². The van der Waals surface area contributed by atoms with Gasteiger partial charge in [0.2, 0.25) is 11.8 Å². The third-order valence-electron chi connectivity index (χ3n) is 5.85. The van der Waals surface area contributed by atoms with E-state index >= 15 is 0 Å². The SMILES string of the molecule is CN(C(=O)C1CCC(C(=O)N2CCOCC2)CC1)C1CCS(=O)(=O)C1. The van der Waals surface area contributed by atoms with Gasteiger partial charge in [0.05, 0.1) is 24.7 Å². The molecule has 1 saturated carbocycles. The lowest BCUT2D eigenvalue weighted by atomic mass is 9.80. The van der Waals surface area contributed by atoms with Crippen LogP contribution in [0.15, 0.2) is 0 Å². The molecule has 7 nitrogen and oxygen atoms in total. The van der Waals surface area contributed by atoms with E-state index in [-0.39, 0.29) is 41.2 Å². The monoisotopic (exact) mass is 372 g/mol. The molecule has 0 spiro atoms. The first-order chi connectivity index (χ1) is 11.9. The van der Waals surface area contributed by atoms with Gasteiger partial charge in [-0.05, 0) is 32.1 Å². The van der Waals surface area contributed by atoms with Crippen LogP contribution in [0.3, 0.4) is 0 Å². The Balaban J connectivity index is 1.49. The maximum Gasteiger partial charge on any atom is 0.225 e. The smallest absolute Gasteiger partial charge is 0.225 e. The van der Waals surface area contributed by atoms with E-state index in [1.165, 1.54) is 0 Å². The first-order valence-corrected chi connectivity index (χ1v) is 11.0. The van der Waals surface area contributed by atoms with Crippen molar-refractivity contribution >= 4 is 21.7 Å². The van der Waals surface area contributed by atoms with Crippen molar-refractivity contribution in [3.63, 3.8) is 0 Å². The number of hydrogen-bond acceptors (Lipinski definition) is 5. The summed E-state index contributed by atoms with van der Waals surface area (Å²) in [5.41, 5.74) is 0. The fourth-order valence-electron chi connectivity index (χ4n) is 4.18. The zero-order valence-corrected chi connectivity index (χ0v) is 15.7. The number of nitrogens with zero attached hydrogens (tertiary/aromatic N) is 2. The number of carbonyl (C=O) groups excluding carboxylic acids is 2. The lowest BCUT2D eigenvalue weighted by Gasteiger charge is -2.35. The van der Waals surface area contributed by atoms with Crippen molar-refractivity contribution in [2.24, 2.45) is 11.8 Å². The molecule has 1 unspecified atom stereocenters. The molecular formula is C17H28N2O5S. The molecule has 0 N–H and O–H groups in total. The zero-order valence-electron chi connectivity index (χ0n) is 14.9. The minimum Gasteiger partial charge on any atom is -0.378 e. The molecule has 0 aromatic heterocycles. The highest BCUT2D eigenvalue weighted by molar-refractivity contribution is 7.91. The molecule has 0 radical (unpaired) electrons. The molecule has 8 heteroatoms. The summed E-state index contributed by atoms with van der Waals surface area (Å²) in [5.74, 6) is 0.432. The summed E-state index contributed by atoms with van der Waals surface area (Å²) >= 11 is 0. The van der Waals surface area contributed by atoms with E-state index in [2.05, 4.69) is 0 Å². The Hall–Kier alpha value is -1.15. The summed E-state index contributed by atoms with van der Waals surface area (Å²) in [6.45, 7) is 2.54. The number of carbonyl (C=O) groups is 2. The van der Waals surface area contributed by atoms with Crippen LogP contribution in [0.25, 0.3) is 0 Å². The summed E-state index contributed by atoms with van der Waals surface area (Å²) in [7, 11) is -1.27. The minimum absolute atomic E-state index is 0.0133. The lowest BCUT2D eigenvalue weighted by molar-refractivity contribution is -0.144. The van der Waals surface area contributed by atoms with Crippen molar-refractivity contribution in [1.82, 2.24) is 9.80 Å². The molecule has 3 aliphatic rings. The van der Waals surface area contributed by atoms with E-state index in [1.807, 2.05) is 4.90 Å². The van der Waals surface area contributed by atoms with Crippen LogP contribution in [0.1, 0.15) is 32.1 Å². The fourth-order valence-corrected chi connectivity index (χ4v) is 5.95. The maximum absolute atomic E-state index is 12.7. The number of morpholine rings is 1. The topological polar surface area (TPSA) is 84.0 Å². The Kier molecular flexibility index (Phi) is 5.68. The molecule has 25 heavy (non-hydrogen) atoms. The summed E-state index contributed by atoms with van der Waals surface area (Å²) < 4.78 is 28.5. The average molecular weight is 372 g/mol. The van der Waals surface area contributed by atoms with Crippen LogP contribution in [-0.4, -0.2) is 80.9 Å². The normalized spacial score (nSPS) is 32.4. The molecule has 2 heterocycles. The molecule has 2 saturated heterocycles. The molecular weight excluding hydrogens is 344 g/mol. The predicted molar refractivity (Wildman–Crippen MR) is 92.7 cm³/mol. The highest BCUT2D eigenvalue weighted by atomic mass is 32.2. The van der Waals surface area contributed by atoms with Crippen molar-refractivity contribution in [2.45, 2.75) is 38.1 Å². The lowest BCUT2D eigenvalue weighted by Crippen LogP contribution is -2.46. The molecule has 0 bridgehead atoms. The predicted octanol–water partition coefficient (Wildman–Crippen LogP) is 0.297. The molecule has 2 amide bonds. The van der Waals surface area contributed by atoms with Crippen LogP contribution in [0.5, 0.6) is 0 Å². The van der Waals surface area contributed by atoms with Crippen molar-refractivity contribution in [1.29, 1.82) is 0 Å². The average Bonchev–Trinajstić information content (AvgIpc) is 3.00. The van der Waals surface area contributed by atoms with Crippen molar-refractivity contribution < 1.29 is 22.7 Å². The second-order valence-electron chi connectivity index (χ2n) is 7.49. The Morgan fingerprint density at radius 1 is 1.00 bits per heavy atom. The summed E-state index contributed by atoms with van der Waals surface area (Å²) in [5, 5.41) is 0. The zero-order chi connectivity index (χ0) is 18.0. The standard InChI is InChI=1S/C17H28N2O5S/c1-18(15-6-11-25(22,23)12-15)16(20)13-2-4-14(5-3-13)17(21)19-7-9-24-10-8-19/h13-15H,2-12H2,1H3. The summed E-state index contributed by atoms with van der Waals surface area (Å²) in [4.78, 5) is 28.8. The number of sulfone groups is 1. The molecule has 3 fully saturated rings. The first kappa shape index (κ1) is 18.6. The Labute approximate surface area is 149 Å². The van der Waals surface area contributed by atoms with Gasteiger partial charge in [-0.25, -0.2) is 8.42 Å².